The molecule has 3 heterocycles. The lowest BCUT2D eigenvalue weighted by Gasteiger charge is -2.35. The van der Waals surface area contributed by atoms with Gasteiger partial charge in [-0.2, -0.15) is 9.61 Å². The molecule has 1 aliphatic carbocycles. The average Bonchev–Trinajstić information content (AvgIpc) is 3.60. The van der Waals surface area contributed by atoms with Gasteiger partial charge < -0.3 is 20.1 Å². The maximum absolute atomic E-state index is 13.4. The van der Waals surface area contributed by atoms with Crippen molar-refractivity contribution >= 4 is 23.5 Å². The van der Waals surface area contributed by atoms with Crippen LogP contribution in [-0.4, -0.2) is 61.8 Å². The van der Waals surface area contributed by atoms with Crippen molar-refractivity contribution in [3.63, 3.8) is 0 Å². The van der Waals surface area contributed by atoms with E-state index in [1.165, 1.54) is 21.4 Å². The number of carbonyl (C=O) groups excluding carboxylic acids is 2. The molecule has 1 aliphatic heterocycles. The zero-order chi connectivity index (χ0) is 26.1. The third-order valence-electron chi connectivity index (χ3n) is 6.60. The molecule has 37 heavy (non-hydrogen) atoms. The third kappa shape index (κ3) is 5.01. The Kier molecular flexibility index (Phi) is 6.84. The van der Waals surface area contributed by atoms with Crippen molar-refractivity contribution in [3.8, 4) is 5.88 Å². The van der Waals surface area contributed by atoms with Crippen LogP contribution in [0.4, 0.5) is 0 Å². The molecule has 5 rings (SSSR count). The van der Waals surface area contributed by atoms with E-state index in [4.69, 9.17) is 4.74 Å². The molecule has 1 saturated heterocycles. The smallest absolute Gasteiger partial charge is 0.270 e. The molecule has 2 N–H and O–H groups in total. The van der Waals surface area contributed by atoms with Gasteiger partial charge in [0.1, 0.15) is 5.65 Å². The zero-order valence-corrected chi connectivity index (χ0v) is 21.0. The van der Waals surface area contributed by atoms with Gasteiger partial charge in [-0.1, -0.05) is 44.2 Å². The number of hydrogen-bond donors (Lipinski definition) is 2. The Labute approximate surface area is 214 Å². The number of carbonyl (C=O) groups is 2. The van der Waals surface area contributed by atoms with Crippen LogP contribution in [-0.2, 0) is 16.1 Å². The molecule has 3 aromatic rings. The number of nitrogens with zero attached hydrogens (tertiary/aromatic N) is 4. The maximum atomic E-state index is 13.4. The van der Waals surface area contributed by atoms with Crippen LogP contribution in [0.3, 0.4) is 0 Å². The maximum Gasteiger partial charge on any atom is 0.270 e. The second-order valence-corrected chi connectivity index (χ2v) is 9.96. The number of aromatic hydroxyl groups is 1. The second-order valence-electron chi connectivity index (χ2n) is 9.96. The number of rotatable bonds is 7. The number of fused-ring (bicyclic) bond motifs is 1. The fraction of sp³-hybridized carbons (Fsp3) is 0.407. The van der Waals surface area contributed by atoms with Gasteiger partial charge in [-0.3, -0.25) is 19.0 Å². The highest BCUT2D eigenvalue weighted by molar-refractivity contribution is 5.97. The Hall–Kier alpha value is -3.92. The van der Waals surface area contributed by atoms with Gasteiger partial charge >= 0.3 is 0 Å². The van der Waals surface area contributed by atoms with Gasteiger partial charge in [0.05, 0.1) is 25.5 Å². The van der Waals surface area contributed by atoms with E-state index in [0.29, 0.717) is 37.5 Å². The highest BCUT2D eigenvalue weighted by Crippen LogP contribution is 2.26. The molecule has 2 amide bonds. The van der Waals surface area contributed by atoms with Crippen molar-refractivity contribution in [2.75, 3.05) is 19.8 Å². The highest BCUT2D eigenvalue weighted by Gasteiger charge is 2.30. The number of amides is 2. The molecule has 2 fully saturated rings. The summed E-state index contributed by atoms with van der Waals surface area (Å²) in [5.74, 6) is -1.23. The van der Waals surface area contributed by atoms with E-state index in [0.717, 1.165) is 18.4 Å². The molecular weight excluding hydrogens is 474 g/mol. The molecule has 0 radical (unpaired) electrons. The van der Waals surface area contributed by atoms with Crippen molar-refractivity contribution < 1.29 is 19.4 Å². The van der Waals surface area contributed by atoms with Crippen LogP contribution in [0, 0.1) is 5.92 Å². The first-order chi connectivity index (χ1) is 17.8. The van der Waals surface area contributed by atoms with Crippen molar-refractivity contribution in [2.24, 2.45) is 5.92 Å². The number of aromatic nitrogens is 3. The first-order valence-corrected chi connectivity index (χ1v) is 12.6. The van der Waals surface area contributed by atoms with Gasteiger partial charge in [0, 0.05) is 30.8 Å². The number of nitrogens with one attached hydrogen (secondary N) is 1. The van der Waals surface area contributed by atoms with E-state index in [2.05, 4.69) is 10.4 Å². The summed E-state index contributed by atoms with van der Waals surface area (Å²) in [6.07, 6.45) is 6.24. The molecule has 10 nitrogen and oxygen atoms in total. The average molecular weight is 506 g/mol. The number of ether oxygens (including phenoxy) is 1. The Morgan fingerprint density at radius 2 is 2.00 bits per heavy atom. The van der Waals surface area contributed by atoms with Gasteiger partial charge in [-0.05, 0) is 30.4 Å². The van der Waals surface area contributed by atoms with Crippen molar-refractivity contribution in [2.45, 2.75) is 45.3 Å². The van der Waals surface area contributed by atoms with Crippen LogP contribution in [0.2, 0.25) is 0 Å². The van der Waals surface area contributed by atoms with E-state index < -0.39 is 17.3 Å². The molecule has 0 spiro atoms. The number of morpholine rings is 1. The van der Waals surface area contributed by atoms with Crippen LogP contribution in [0.25, 0.3) is 11.7 Å². The van der Waals surface area contributed by atoms with Crippen LogP contribution in [0.15, 0.2) is 47.4 Å². The molecule has 194 valence electrons. The van der Waals surface area contributed by atoms with Crippen LogP contribution in [0.5, 0.6) is 5.88 Å². The van der Waals surface area contributed by atoms with E-state index in [1.54, 1.807) is 11.0 Å². The fourth-order valence-electron chi connectivity index (χ4n) is 4.62. The third-order valence-corrected chi connectivity index (χ3v) is 6.60. The van der Waals surface area contributed by atoms with Crippen LogP contribution in [0.1, 0.15) is 54.2 Å². The largest absolute Gasteiger partial charge is 0.492 e. The molecule has 2 aromatic heterocycles. The molecule has 1 aromatic carbocycles. The van der Waals surface area contributed by atoms with Crippen molar-refractivity contribution in [3.05, 3.63) is 69.6 Å². The van der Waals surface area contributed by atoms with Crippen molar-refractivity contribution in [1.82, 2.24) is 24.4 Å². The monoisotopic (exact) mass is 505 g/mol. The van der Waals surface area contributed by atoms with E-state index in [-0.39, 0.29) is 29.5 Å². The quantitative estimate of drug-likeness (QED) is 0.476. The molecular formula is C27H31N5O5. The SMILES string of the molecule is CC(C)Cn1c(=O)c(C(=O)NC2CC2)c(O)n2ncc(/C=C/C(=O)N3CCOC[C@@H]3c3ccccc3)c12. The van der Waals surface area contributed by atoms with Crippen molar-refractivity contribution in [1.29, 1.82) is 0 Å². The Morgan fingerprint density at radius 3 is 2.70 bits per heavy atom. The lowest BCUT2D eigenvalue weighted by Crippen LogP contribution is -2.42. The Bertz CT molecular complexity index is 1400. The number of hydrogen-bond acceptors (Lipinski definition) is 6. The van der Waals surface area contributed by atoms with Gasteiger partial charge in [0.15, 0.2) is 5.56 Å². The zero-order valence-electron chi connectivity index (χ0n) is 21.0. The summed E-state index contributed by atoms with van der Waals surface area (Å²) in [7, 11) is 0. The number of benzene rings is 1. The standard InChI is InChI=1S/C27H31N5O5/c1-17(2)15-31-25-19(14-28-32(25)27(36)23(26(31)35)24(34)29-20-9-10-20)8-11-22(33)30-12-13-37-16-21(30)18-6-4-3-5-7-18/h3-8,11,14,17,20-21,36H,9-10,12-13,15-16H2,1-2H3,(H,29,34)/b11-8+/t21-/m1/s1. The summed E-state index contributed by atoms with van der Waals surface area (Å²) in [4.78, 5) is 41.2. The van der Waals surface area contributed by atoms with E-state index in [1.807, 2.05) is 44.2 Å². The highest BCUT2D eigenvalue weighted by atomic mass is 16.5. The predicted molar refractivity (Wildman–Crippen MR) is 137 cm³/mol. The summed E-state index contributed by atoms with van der Waals surface area (Å²) in [5.41, 5.74) is 0.891. The van der Waals surface area contributed by atoms with E-state index >= 15 is 0 Å². The predicted octanol–water partition coefficient (Wildman–Crippen LogP) is 2.36. The summed E-state index contributed by atoms with van der Waals surface area (Å²) in [6.45, 7) is 5.54. The van der Waals surface area contributed by atoms with Gasteiger partial charge in [0.25, 0.3) is 11.5 Å². The second kappa shape index (κ2) is 10.2. The summed E-state index contributed by atoms with van der Waals surface area (Å²) < 4.78 is 8.27. The summed E-state index contributed by atoms with van der Waals surface area (Å²) in [6, 6.07) is 9.56. The fourth-order valence-corrected chi connectivity index (χ4v) is 4.62. The first kappa shape index (κ1) is 24.8. The summed E-state index contributed by atoms with van der Waals surface area (Å²) in [5, 5.41) is 17.9. The lowest BCUT2D eigenvalue weighted by atomic mass is 10.0. The minimum atomic E-state index is -0.605. The minimum Gasteiger partial charge on any atom is -0.492 e. The first-order valence-electron chi connectivity index (χ1n) is 12.6. The van der Waals surface area contributed by atoms with Crippen LogP contribution < -0.4 is 10.9 Å². The minimum absolute atomic E-state index is 0.0302. The van der Waals surface area contributed by atoms with E-state index in [9.17, 15) is 19.5 Å². The Morgan fingerprint density at radius 1 is 1.24 bits per heavy atom. The summed E-state index contributed by atoms with van der Waals surface area (Å²) >= 11 is 0. The molecule has 0 unspecified atom stereocenters. The molecule has 0 bridgehead atoms. The topological polar surface area (TPSA) is 118 Å². The van der Waals surface area contributed by atoms with Gasteiger partial charge in [-0.25, -0.2) is 0 Å². The normalized spacial score (nSPS) is 18.1. The molecule has 1 atom stereocenters. The lowest BCUT2D eigenvalue weighted by molar-refractivity contribution is -0.134. The molecule has 2 aliphatic rings. The van der Waals surface area contributed by atoms with Gasteiger partial charge in [0.2, 0.25) is 11.8 Å². The molecule has 10 heteroatoms. The van der Waals surface area contributed by atoms with Gasteiger partial charge in [-0.15, -0.1) is 0 Å². The Balaban J connectivity index is 1.50. The molecule has 1 saturated carbocycles. The van der Waals surface area contributed by atoms with Crippen LogP contribution >= 0.6 is 0 Å².